The van der Waals surface area contributed by atoms with Gasteiger partial charge in [-0.25, -0.2) is 0 Å². The highest BCUT2D eigenvalue weighted by molar-refractivity contribution is 7.71. The van der Waals surface area contributed by atoms with Gasteiger partial charge in [-0.1, -0.05) is 6.92 Å². The van der Waals surface area contributed by atoms with Crippen LogP contribution < -0.4 is 0 Å². The monoisotopic (exact) mass is 307 g/mol. The number of piperidine rings is 1. The van der Waals surface area contributed by atoms with Gasteiger partial charge >= 0.3 is 0 Å². The Labute approximate surface area is 130 Å². The molecule has 1 saturated heterocycles. The Balaban J connectivity index is 1.79. The summed E-state index contributed by atoms with van der Waals surface area (Å²) >= 11 is 5.52. The molecule has 5 nitrogen and oxygen atoms in total. The Morgan fingerprint density at radius 3 is 2.67 bits per heavy atom. The van der Waals surface area contributed by atoms with E-state index in [1.54, 1.807) is 0 Å². The fourth-order valence-corrected chi connectivity index (χ4v) is 3.67. The molecule has 1 aliphatic rings. The van der Waals surface area contributed by atoms with E-state index in [1.165, 1.54) is 32.4 Å². The van der Waals surface area contributed by atoms with Crippen molar-refractivity contribution in [2.24, 2.45) is 13.0 Å². The van der Waals surface area contributed by atoms with Crippen LogP contribution in [0.5, 0.6) is 0 Å². The van der Waals surface area contributed by atoms with Gasteiger partial charge in [-0.2, -0.15) is 5.10 Å². The Bertz CT molecular complexity index is 672. The van der Waals surface area contributed by atoms with Gasteiger partial charge in [0.05, 0.1) is 5.69 Å². The second-order valence-electron chi connectivity index (χ2n) is 6.24. The van der Waals surface area contributed by atoms with Crippen LogP contribution in [0.15, 0.2) is 0 Å². The van der Waals surface area contributed by atoms with E-state index < -0.39 is 0 Å². The lowest BCUT2D eigenvalue weighted by molar-refractivity contribution is 0.208. The standard InChI is InChI=1S/C15H25N5S/c1-4-12-13-14(19(3)17-12)20(15(21)16-13)10-7-11-5-8-18(2)9-6-11/h11H,4-10H2,1-3H3,(H,16,21). The van der Waals surface area contributed by atoms with Gasteiger partial charge in [0.1, 0.15) is 5.52 Å². The van der Waals surface area contributed by atoms with Gasteiger partial charge in [0.15, 0.2) is 10.4 Å². The normalized spacial score (nSPS) is 17.9. The summed E-state index contributed by atoms with van der Waals surface area (Å²) in [6.45, 7) is 5.58. The predicted molar refractivity (Wildman–Crippen MR) is 88.1 cm³/mol. The molecular weight excluding hydrogens is 282 g/mol. The third kappa shape index (κ3) is 2.79. The number of imidazole rings is 1. The molecule has 2 aromatic rings. The predicted octanol–water partition coefficient (Wildman–Crippen LogP) is 2.73. The molecule has 0 radical (unpaired) electrons. The van der Waals surface area contributed by atoms with Crippen molar-refractivity contribution in [2.75, 3.05) is 20.1 Å². The van der Waals surface area contributed by atoms with E-state index in [-0.39, 0.29) is 0 Å². The summed E-state index contributed by atoms with van der Waals surface area (Å²) in [6.07, 6.45) is 4.76. The largest absolute Gasteiger partial charge is 0.328 e. The maximum atomic E-state index is 5.52. The molecule has 3 heterocycles. The number of aryl methyl sites for hydroxylation is 3. The molecule has 3 rings (SSSR count). The highest BCUT2D eigenvalue weighted by Gasteiger charge is 2.18. The SMILES string of the molecule is CCc1nn(C)c2c1[nH]c(=S)n2CCC1CCN(C)CC1. The lowest BCUT2D eigenvalue weighted by Gasteiger charge is -2.28. The van der Waals surface area contributed by atoms with Crippen molar-refractivity contribution in [1.82, 2.24) is 24.2 Å². The first kappa shape index (κ1) is 14.8. The van der Waals surface area contributed by atoms with Crippen molar-refractivity contribution in [2.45, 2.75) is 39.2 Å². The number of aromatic amines is 1. The number of aromatic nitrogens is 4. The molecule has 0 unspecified atom stereocenters. The van der Waals surface area contributed by atoms with Gasteiger partial charge in [0.2, 0.25) is 0 Å². The van der Waals surface area contributed by atoms with Crippen LogP contribution >= 0.6 is 12.2 Å². The third-order valence-corrected chi connectivity index (χ3v) is 5.08. The first-order valence-corrected chi connectivity index (χ1v) is 8.34. The molecule has 0 aromatic carbocycles. The summed E-state index contributed by atoms with van der Waals surface area (Å²) in [5, 5.41) is 4.59. The molecular formula is C15H25N5S. The maximum Gasteiger partial charge on any atom is 0.179 e. The molecule has 1 fully saturated rings. The Hall–Kier alpha value is -1.14. The molecule has 116 valence electrons. The number of nitrogens with zero attached hydrogens (tertiary/aromatic N) is 4. The second kappa shape index (κ2) is 5.93. The molecule has 0 aliphatic carbocycles. The maximum absolute atomic E-state index is 5.52. The van der Waals surface area contributed by atoms with Gasteiger partial charge in [-0.05, 0) is 64.0 Å². The summed E-state index contributed by atoms with van der Waals surface area (Å²) in [4.78, 5) is 5.77. The molecule has 0 saturated carbocycles. The molecule has 2 aromatic heterocycles. The number of likely N-dealkylation sites (tertiary alicyclic amines) is 1. The average Bonchev–Trinajstić information content (AvgIpc) is 2.95. The number of nitrogens with one attached hydrogen (secondary N) is 1. The highest BCUT2D eigenvalue weighted by Crippen LogP contribution is 2.23. The summed E-state index contributed by atoms with van der Waals surface area (Å²) in [5.74, 6) is 0.826. The molecule has 0 amide bonds. The van der Waals surface area contributed by atoms with Crippen molar-refractivity contribution >= 4 is 23.4 Å². The van der Waals surface area contributed by atoms with E-state index in [0.29, 0.717) is 0 Å². The topological polar surface area (TPSA) is 41.8 Å². The zero-order chi connectivity index (χ0) is 15.0. The van der Waals surface area contributed by atoms with Crippen molar-refractivity contribution in [3.8, 4) is 0 Å². The van der Waals surface area contributed by atoms with E-state index in [9.17, 15) is 0 Å². The van der Waals surface area contributed by atoms with Gasteiger partial charge in [-0.15, -0.1) is 0 Å². The van der Waals surface area contributed by atoms with Crippen LogP contribution in [0.1, 0.15) is 31.9 Å². The molecule has 0 spiro atoms. The minimum Gasteiger partial charge on any atom is -0.328 e. The molecule has 1 N–H and O–H groups in total. The second-order valence-corrected chi connectivity index (χ2v) is 6.63. The van der Waals surface area contributed by atoms with Gasteiger partial charge in [0, 0.05) is 13.6 Å². The van der Waals surface area contributed by atoms with E-state index >= 15 is 0 Å². The first-order valence-electron chi connectivity index (χ1n) is 7.93. The molecule has 0 bridgehead atoms. The summed E-state index contributed by atoms with van der Waals surface area (Å²) in [7, 11) is 4.22. The van der Waals surface area contributed by atoms with Gasteiger partial charge < -0.3 is 14.5 Å². The van der Waals surface area contributed by atoms with Crippen LogP contribution in [0.2, 0.25) is 0 Å². The summed E-state index contributed by atoms with van der Waals surface area (Å²) in [5.41, 5.74) is 3.37. The van der Waals surface area contributed by atoms with E-state index in [0.717, 1.165) is 40.5 Å². The van der Waals surface area contributed by atoms with Crippen molar-refractivity contribution < 1.29 is 0 Å². The molecule has 21 heavy (non-hydrogen) atoms. The average molecular weight is 307 g/mol. The van der Waals surface area contributed by atoms with Gasteiger partial charge in [-0.3, -0.25) is 4.68 Å². The smallest absolute Gasteiger partial charge is 0.179 e. The van der Waals surface area contributed by atoms with Crippen LogP contribution in [-0.2, 0) is 20.0 Å². The van der Waals surface area contributed by atoms with E-state index in [4.69, 9.17) is 12.2 Å². The van der Waals surface area contributed by atoms with E-state index in [1.807, 2.05) is 11.7 Å². The number of hydrogen-bond acceptors (Lipinski definition) is 3. The van der Waals surface area contributed by atoms with Crippen molar-refractivity contribution in [3.05, 3.63) is 10.5 Å². The van der Waals surface area contributed by atoms with Crippen LogP contribution in [0, 0.1) is 10.7 Å². The van der Waals surface area contributed by atoms with Crippen molar-refractivity contribution in [3.63, 3.8) is 0 Å². The number of rotatable bonds is 4. The lowest BCUT2D eigenvalue weighted by atomic mass is 9.94. The molecule has 6 heteroatoms. The van der Waals surface area contributed by atoms with Crippen LogP contribution in [0.4, 0.5) is 0 Å². The Morgan fingerprint density at radius 2 is 2.00 bits per heavy atom. The quantitative estimate of drug-likeness (QED) is 0.883. The lowest BCUT2D eigenvalue weighted by Crippen LogP contribution is -2.30. The Morgan fingerprint density at radius 1 is 1.29 bits per heavy atom. The minimum atomic E-state index is 0.826. The minimum absolute atomic E-state index is 0.826. The van der Waals surface area contributed by atoms with Crippen LogP contribution in [-0.4, -0.2) is 44.4 Å². The van der Waals surface area contributed by atoms with E-state index in [2.05, 4.69) is 33.5 Å². The fraction of sp³-hybridized carbons (Fsp3) is 0.733. The molecule has 0 atom stereocenters. The van der Waals surface area contributed by atoms with Crippen LogP contribution in [0.25, 0.3) is 11.2 Å². The molecule has 1 aliphatic heterocycles. The summed E-state index contributed by atoms with van der Waals surface area (Å²) in [6, 6.07) is 0. The summed E-state index contributed by atoms with van der Waals surface area (Å²) < 4.78 is 5.03. The Kier molecular flexibility index (Phi) is 4.17. The third-order valence-electron chi connectivity index (χ3n) is 4.76. The number of fused-ring (bicyclic) bond motifs is 1. The van der Waals surface area contributed by atoms with Gasteiger partial charge in [0.25, 0.3) is 0 Å². The zero-order valence-corrected chi connectivity index (χ0v) is 14.0. The zero-order valence-electron chi connectivity index (χ0n) is 13.2. The van der Waals surface area contributed by atoms with Crippen molar-refractivity contribution in [1.29, 1.82) is 0 Å². The fourth-order valence-electron chi connectivity index (χ4n) is 3.39. The van der Waals surface area contributed by atoms with Crippen LogP contribution in [0.3, 0.4) is 0 Å². The highest BCUT2D eigenvalue weighted by atomic mass is 32.1. The first-order chi connectivity index (χ1) is 10.1. The number of hydrogen-bond donors (Lipinski definition) is 1. The number of H-pyrrole nitrogens is 1.